The van der Waals surface area contributed by atoms with Gasteiger partial charge in [-0.2, -0.15) is 4.94 Å². The summed E-state index contributed by atoms with van der Waals surface area (Å²) in [6.07, 6.45) is 4.91. The molecule has 19 nitrogen and oxygen atoms in total. The fourth-order valence-corrected chi connectivity index (χ4v) is 7.23. The number of hydroxylamine groups is 1. The van der Waals surface area contributed by atoms with E-state index < -0.39 is 41.5 Å². The number of carbonyl (C=O) groups excluding carboxylic acids is 6. The quantitative estimate of drug-likeness (QED) is 0.0284. The fourth-order valence-electron chi connectivity index (χ4n) is 7.23. The van der Waals surface area contributed by atoms with Crippen molar-refractivity contribution in [2.24, 2.45) is 5.73 Å². The lowest BCUT2D eigenvalue weighted by molar-refractivity contribution is -0.136. The summed E-state index contributed by atoms with van der Waals surface area (Å²) in [5.41, 5.74) is 14.4. The number of carbonyl (C=O) groups is 6. The largest absolute Gasteiger partial charge is 0.404 e. The van der Waals surface area contributed by atoms with Gasteiger partial charge < -0.3 is 31.6 Å². The second-order valence-electron chi connectivity index (χ2n) is 15.5. The molecule has 1 saturated heterocycles. The minimum absolute atomic E-state index is 0.00624. The van der Waals surface area contributed by atoms with Crippen molar-refractivity contribution < 1.29 is 33.7 Å². The van der Waals surface area contributed by atoms with Crippen LogP contribution in [-0.4, -0.2) is 94.3 Å². The second-order valence-corrected chi connectivity index (χ2v) is 15.5. The van der Waals surface area contributed by atoms with Crippen molar-refractivity contribution in [3.63, 3.8) is 0 Å². The summed E-state index contributed by atoms with van der Waals surface area (Å²) in [6.45, 7) is 13.2. The van der Waals surface area contributed by atoms with Gasteiger partial charge in [0.25, 0.3) is 23.3 Å². The van der Waals surface area contributed by atoms with Crippen LogP contribution in [0.5, 0.6) is 0 Å². The highest BCUT2D eigenvalue weighted by Gasteiger charge is 2.45. The molecule has 6 amide bonds. The Labute approximate surface area is 364 Å². The van der Waals surface area contributed by atoms with Crippen LogP contribution in [0.1, 0.15) is 94.9 Å². The van der Waals surface area contributed by atoms with Crippen molar-refractivity contribution in [1.29, 1.82) is 5.41 Å². The average molecular weight is 866 g/mol. The summed E-state index contributed by atoms with van der Waals surface area (Å²) in [5.74, 6) is -3.22. The maximum Gasteiger partial charge on any atom is 0.264 e. The zero-order valence-corrected chi connectivity index (χ0v) is 36.2. The van der Waals surface area contributed by atoms with Gasteiger partial charge in [0.2, 0.25) is 17.7 Å². The summed E-state index contributed by atoms with van der Waals surface area (Å²) in [4.78, 5) is 99.6. The van der Waals surface area contributed by atoms with Crippen molar-refractivity contribution in [2.75, 3.05) is 37.0 Å². The van der Waals surface area contributed by atoms with Gasteiger partial charge in [-0.15, -0.1) is 0 Å². The number of amides is 6. The molecular formula is C44H55N11O8. The Morgan fingerprint density at radius 2 is 1.81 bits per heavy atom. The number of benzene rings is 2. The van der Waals surface area contributed by atoms with E-state index in [2.05, 4.69) is 37.2 Å². The summed E-state index contributed by atoms with van der Waals surface area (Å²) in [7, 11) is 0. The average Bonchev–Trinajstić information content (AvgIpc) is 3.48. The van der Waals surface area contributed by atoms with Crippen LogP contribution < -0.4 is 54.0 Å². The van der Waals surface area contributed by atoms with Crippen molar-refractivity contribution in [1.82, 2.24) is 36.2 Å². The smallest absolute Gasteiger partial charge is 0.264 e. The summed E-state index contributed by atoms with van der Waals surface area (Å²) in [5, 5.41) is 21.6. The van der Waals surface area contributed by atoms with Gasteiger partial charge >= 0.3 is 0 Å². The zero-order chi connectivity index (χ0) is 46.0. The predicted molar refractivity (Wildman–Crippen MR) is 237 cm³/mol. The van der Waals surface area contributed by atoms with Crippen LogP contribution >= 0.6 is 0 Å². The molecule has 0 aliphatic carbocycles. The Morgan fingerprint density at radius 3 is 2.49 bits per heavy atom. The van der Waals surface area contributed by atoms with E-state index in [9.17, 15) is 33.6 Å². The van der Waals surface area contributed by atoms with E-state index in [4.69, 9.17) is 16.1 Å². The third kappa shape index (κ3) is 11.4. The number of nitrogens with two attached hydrogens (primary N) is 1. The Morgan fingerprint density at radius 1 is 1.05 bits per heavy atom. The second kappa shape index (κ2) is 21.1. The van der Waals surface area contributed by atoms with Crippen molar-refractivity contribution >= 4 is 64.4 Å². The molecule has 63 heavy (non-hydrogen) atoms. The number of H-pyrrole nitrogens is 1. The standard InChI is InChI=1S/C44H55N11O8/c1-7-54(18-17-47-16-15-38(57)53-63-52-33-10-8-9-29-39(33)44(62)55(43(29)61)35-12-14-37(56)51-42(35)60)36(46)13-11-25(4)28-20-30(31(22-45)34(21-28)49-24(2)3)40(58)48-23-32-26(5)19-27(6)50-41(32)59/h8-11,13,19-22,24,35,46-47,49,52H,7,12,14-18,23,45H2,1-6H3,(H,48,58)(H,50,59)(H,53,57)(H,51,56,60). The number of anilines is 2. The lowest BCUT2D eigenvalue weighted by Crippen LogP contribution is -2.54. The molecule has 10 N–H and O–H groups in total. The van der Waals surface area contributed by atoms with Crippen LogP contribution in [0.2, 0.25) is 0 Å². The number of piperidine rings is 1. The number of imide groups is 2. The van der Waals surface area contributed by atoms with Crippen LogP contribution in [0.15, 0.2) is 53.3 Å². The summed E-state index contributed by atoms with van der Waals surface area (Å²) >= 11 is 0. The molecule has 0 spiro atoms. The number of hydrogen-bond donors (Lipinski definition) is 9. The summed E-state index contributed by atoms with van der Waals surface area (Å²) < 4.78 is 0. The third-order valence-electron chi connectivity index (χ3n) is 10.5. The first-order valence-corrected chi connectivity index (χ1v) is 20.6. The first-order valence-electron chi connectivity index (χ1n) is 20.6. The van der Waals surface area contributed by atoms with Gasteiger partial charge in [0.15, 0.2) is 0 Å². The lowest BCUT2D eigenvalue weighted by atomic mass is 10.0. The molecule has 2 aliphatic heterocycles. The van der Waals surface area contributed by atoms with Crippen LogP contribution in [-0.2, 0) is 25.9 Å². The molecule has 1 unspecified atom stereocenters. The van der Waals surface area contributed by atoms with E-state index in [1.807, 2.05) is 51.7 Å². The van der Waals surface area contributed by atoms with Gasteiger partial charge in [-0.1, -0.05) is 12.1 Å². The first-order chi connectivity index (χ1) is 30.0. The van der Waals surface area contributed by atoms with Gasteiger partial charge in [0.05, 0.1) is 22.4 Å². The number of nitrogens with one attached hydrogen (secondary N) is 8. The Hall–Kier alpha value is -7.12. The number of pyridine rings is 1. The van der Waals surface area contributed by atoms with E-state index in [1.165, 1.54) is 24.4 Å². The molecule has 0 saturated carbocycles. The minimum atomic E-state index is -1.12. The molecule has 0 bridgehead atoms. The maximum atomic E-state index is 13.6. The monoisotopic (exact) mass is 865 g/mol. The van der Waals surface area contributed by atoms with Gasteiger partial charge in [-0.25, -0.2) is 11.0 Å². The number of aryl methyl sites for hydroxylation is 2. The zero-order valence-electron chi connectivity index (χ0n) is 36.2. The van der Waals surface area contributed by atoms with E-state index in [1.54, 1.807) is 25.1 Å². The van der Waals surface area contributed by atoms with Gasteiger partial charge in [-0.3, -0.25) is 49.2 Å². The number of aromatic nitrogens is 1. The van der Waals surface area contributed by atoms with Crippen LogP contribution in [0, 0.1) is 19.3 Å². The molecule has 1 aromatic heterocycles. The van der Waals surface area contributed by atoms with E-state index in [-0.39, 0.29) is 66.6 Å². The molecule has 1 atom stereocenters. The van der Waals surface area contributed by atoms with Crippen LogP contribution in [0.25, 0.3) is 11.8 Å². The van der Waals surface area contributed by atoms with Crippen molar-refractivity contribution in [3.05, 3.63) is 103 Å². The lowest BCUT2D eigenvalue weighted by Gasteiger charge is -2.27. The van der Waals surface area contributed by atoms with Gasteiger partial charge in [-0.05, 0) is 101 Å². The molecule has 2 aromatic carbocycles. The number of nitrogens with zero attached hydrogens (tertiary/aromatic N) is 2. The molecule has 2 aliphatic rings. The van der Waals surface area contributed by atoms with Crippen molar-refractivity contribution in [2.45, 2.75) is 79.4 Å². The predicted octanol–water partition coefficient (Wildman–Crippen LogP) is 0.921. The molecule has 334 valence electrons. The van der Waals surface area contributed by atoms with Crippen LogP contribution in [0.3, 0.4) is 0 Å². The van der Waals surface area contributed by atoms with E-state index in [0.717, 1.165) is 26.9 Å². The topological polar surface area (TPSA) is 273 Å². The molecule has 0 radical (unpaired) electrons. The molecule has 3 aromatic rings. The maximum absolute atomic E-state index is 13.6. The van der Waals surface area contributed by atoms with Gasteiger partial charge in [0, 0.05) is 80.0 Å². The first kappa shape index (κ1) is 46.9. The van der Waals surface area contributed by atoms with E-state index in [0.29, 0.717) is 41.7 Å². The third-order valence-corrected chi connectivity index (χ3v) is 10.5. The number of likely N-dealkylation sites (N-methyl/N-ethyl adjacent to an activating group) is 1. The molecule has 1 fully saturated rings. The molecular weight excluding hydrogens is 811 g/mol. The number of aromatic amines is 1. The van der Waals surface area contributed by atoms with Gasteiger partial charge in [0.1, 0.15) is 11.9 Å². The number of hydrogen-bond acceptors (Lipinski definition) is 13. The number of allylic oxidation sites excluding steroid dienone is 1. The van der Waals surface area contributed by atoms with E-state index >= 15 is 0 Å². The molecule has 5 rings (SSSR count). The molecule has 19 heteroatoms. The minimum Gasteiger partial charge on any atom is -0.404 e. The Balaban J connectivity index is 1.12. The normalized spacial score (nSPS) is 15.7. The van der Waals surface area contributed by atoms with Crippen LogP contribution in [0.4, 0.5) is 11.4 Å². The SMILES string of the molecule is CCN(CCNCCC(=O)NONc1cccc2c1C(=O)N(C1CCC(=O)NC1=O)C2=O)C(=N)C=CC(C)=c1cc(NC(C)C)c(=CN)c(C(=O)NCc2c(C)cc(C)[nH]c2=O)c1. The number of rotatable bonds is 18. The van der Waals surface area contributed by atoms with Crippen molar-refractivity contribution in [3.8, 4) is 0 Å². The summed E-state index contributed by atoms with van der Waals surface area (Å²) in [6, 6.07) is 8.85. The highest BCUT2D eigenvalue weighted by molar-refractivity contribution is 6.25. The highest BCUT2D eigenvalue weighted by Crippen LogP contribution is 2.32. The number of amidine groups is 1. The number of fused-ring (bicyclic) bond motifs is 1. The fraction of sp³-hybridized carbons (Fsp3) is 0.364. The highest BCUT2D eigenvalue weighted by atomic mass is 16.8. The molecule has 3 heterocycles. The Kier molecular flexibility index (Phi) is 15.7. The Bertz CT molecular complexity index is 2530.